The molecule has 1 aliphatic heterocycles. The maximum atomic E-state index is 9.72. The summed E-state index contributed by atoms with van der Waals surface area (Å²) in [6.45, 7) is 2.02. The number of nitrogens with zero attached hydrogens (tertiary/aromatic N) is 2. The summed E-state index contributed by atoms with van der Waals surface area (Å²) in [7, 11) is 0. The van der Waals surface area contributed by atoms with Crippen molar-refractivity contribution in [1.29, 1.82) is 0 Å². The smallest absolute Gasteiger partial charge is 0.112 e. The number of fused-ring (bicyclic) bond motifs is 1. The third-order valence-electron chi connectivity index (χ3n) is 4.93. The molecule has 104 valence electrons. The molecule has 0 saturated heterocycles. The molecule has 0 amide bonds. The van der Waals surface area contributed by atoms with Gasteiger partial charge in [-0.3, -0.25) is 0 Å². The van der Waals surface area contributed by atoms with Crippen molar-refractivity contribution in [1.82, 2.24) is 14.9 Å². The normalized spacial score (nSPS) is 31.2. The number of nitrogens with one attached hydrogen (secondary N) is 1. The fourth-order valence-electron chi connectivity index (χ4n) is 3.71. The fraction of sp³-hybridized carbons (Fsp3) is 0.800. The highest BCUT2D eigenvalue weighted by Gasteiger charge is 2.35. The summed E-state index contributed by atoms with van der Waals surface area (Å²) in [5.74, 6) is 2.08. The molecular weight excluding hydrogens is 238 g/mol. The average Bonchev–Trinajstić information content (AvgIpc) is 3.21. The number of hydrogen-bond acceptors (Lipinski definition) is 3. The Morgan fingerprint density at radius 3 is 2.63 bits per heavy atom. The van der Waals surface area contributed by atoms with Gasteiger partial charge in [-0.15, -0.1) is 0 Å². The predicted octanol–water partition coefficient (Wildman–Crippen LogP) is 1.88. The topological polar surface area (TPSA) is 50.1 Å². The van der Waals surface area contributed by atoms with Crippen LogP contribution < -0.4 is 5.32 Å². The number of aliphatic hydroxyl groups excluding tert-OH is 1. The highest BCUT2D eigenvalue weighted by molar-refractivity contribution is 5.25. The van der Waals surface area contributed by atoms with Crippen LogP contribution >= 0.6 is 0 Å². The van der Waals surface area contributed by atoms with Crippen LogP contribution in [0.2, 0.25) is 0 Å². The molecule has 4 nitrogen and oxygen atoms in total. The molecular formula is C15H23N3O. The van der Waals surface area contributed by atoms with Gasteiger partial charge in [-0.25, -0.2) is 4.98 Å². The van der Waals surface area contributed by atoms with Crippen molar-refractivity contribution in [3.05, 3.63) is 17.2 Å². The zero-order valence-electron chi connectivity index (χ0n) is 11.4. The second-order valence-corrected chi connectivity index (χ2v) is 6.40. The van der Waals surface area contributed by atoms with Crippen molar-refractivity contribution in [2.75, 3.05) is 6.54 Å². The molecule has 0 radical (unpaired) electrons. The van der Waals surface area contributed by atoms with Gasteiger partial charge in [0.25, 0.3) is 0 Å². The lowest BCUT2D eigenvalue weighted by atomic mass is 9.92. The summed E-state index contributed by atoms with van der Waals surface area (Å²) in [4.78, 5) is 4.94. The van der Waals surface area contributed by atoms with E-state index in [1.165, 1.54) is 30.1 Å². The van der Waals surface area contributed by atoms with Crippen LogP contribution in [0.4, 0.5) is 0 Å². The summed E-state index contributed by atoms with van der Waals surface area (Å²) in [6, 6.07) is 0.591. The van der Waals surface area contributed by atoms with Crippen LogP contribution in [0.1, 0.15) is 67.7 Å². The Hall–Kier alpha value is -0.870. The lowest BCUT2D eigenvalue weighted by Crippen LogP contribution is -2.28. The summed E-state index contributed by atoms with van der Waals surface area (Å²) in [5.41, 5.74) is 2.78. The molecule has 4 heteroatoms. The van der Waals surface area contributed by atoms with Crippen molar-refractivity contribution < 1.29 is 5.11 Å². The molecule has 19 heavy (non-hydrogen) atoms. The Balaban J connectivity index is 1.70. The van der Waals surface area contributed by atoms with Gasteiger partial charge in [0.05, 0.1) is 11.8 Å². The van der Waals surface area contributed by atoms with Crippen molar-refractivity contribution >= 4 is 0 Å². The van der Waals surface area contributed by atoms with Gasteiger partial charge < -0.3 is 15.0 Å². The van der Waals surface area contributed by atoms with Gasteiger partial charge >= 0.3 is 0 Å². The van der Waals surface area contributed by atoms with Gasteiger partial charge in [-0.2, -0.15) is 0 Å². The molecule has 2 heterocycles. The summed E-state index contributed by atoms with van der Waals surface area (Å²) >= 11 is 0. The van der Waals surface area contributed by atoms with E-state index >= 15 is 0 Å². The van der Waals surface area contributed by atoms with Gasteiger partial charge in [0.2, 0.25) is 0 Å². The van der Waals surface area contributed by atoms with E-state index in [2.05, 4.69) is 9.88 Å². The van der Waals surface area contributed by atoms with Crippen molar-refractivity contribution in [3.8, 4) is 0 Å². The van der Waals surface area contributed by atoms with Gasteiger partial charge in [0.1, 0.15) is 5.82 Å². The van der Waals surface area contributed by atoms with Crippen LogP contribution in [0.15, 0.2) is 0 Å². The van der Waals surface area contributed by atoms with E-state index in [9.17, 15) is 5.11 Å². The van der Waals surface area contributed by atoms with Crippen LogP contribution in [0.3, 0.4) is 0 Å². The molecule has 2 N–H and O–H groups in total. The van der Waals surface area contributed by atoms with Crippen molar-refractivity contribution in [2.24, 2.45) is 0 Å². The lowest BCUT2D eigenvalue weighted by molar-refractivity contribution is 0.109. The number of aromatic nitrogens is 2. The standard InChI is InChI=1S/C15H23N3O/c19-12-5-3-11(4-6-12)18-14-7-8-16-9-13(14)17-15(18)10-1-2-10/h10-12,16,19H,1-9H2. The lowest BCUT2D eigenvalue weighted by Gasteiger charge is -2.30. The average molecular weight is 261 g/mol. The number of imidazole rings is 1. The number of aliphatic hydroxyl groups is 1. The molecule has 2 fully saturated rings. The van der Waals surface area contributed by atoms with Crippen LogP contribution in [0.25, 0.3) is 0 Å². The third-order valence-corrected chi connectivity index (χ3v) is 4.93. The van der Waals surface area contributed by atoms with E-state index in [4.69, 9.17) is 4.98 Å². The van der Waals surface area contributed by atoms with Gasteiger partial charge in [-0.05, 0) is 38.5 Å². The molecule has 0 spiro atoms. The first-order valence-electron chi connectivity index (χ1n) is 7.81. The molecule has 0 bridgehead atoms. The van der Waals surface area contributed by atoms with Gasteiger partial charge in [0, 0.05) is 37.2 Å². The van der Waals surface area contributed by atoms with Crippen LogP contribution in [-0.2, 0) is 13.0 Å². The molecule has 3 aliphatic rings. The molecule has 2 saturated carbocycles. The number of hydrogen-bond donors (Lipinski definition) is 2. The molecule has 2 aliphatic carbocycles. The van der Waals surface area contributed by atoms with Crippen molar-refractivity contribution in [2.45, 2.75) is 69.6 Å². The van der Waals surface area contributed by atoms with Gasteiger partial charge in [-0.1, -0.05) is 0 Å². The molecule has 1 aromatic heterocycles. The quantitative estimate of drug-likeness (QED) is 0.854. The SMILES string of the molecule is OC1CCC(n2c(C3CC3)nc3c2CCNC3)CC1. The van der Waals surface area contributed by atoms with Crippen LogP contribution in [0, 0.1) is 0 Å². The van der Waals surface area contributed by atoms with E-state index in [1.54, 1.807) is 0 Å². The second-order valence-electron chi connectivity index (χ2n) is 6.40. The highest BCUT2D eigenvalue weighted by Crippen LogP contribution is 2.43. The first kappa shape index (κ1) is 11.9. The van der Waals surface area contributed by atoms with Crippen molar-refractivity contribution in [3.63, 3.8) is 0 Å². The Bertz CT molecular complexity index is 470. The monoisotopic (exact) mass is 261 g/mol. The zero-order chi connectivity index (χ0) is 12.8. The Labute approximate surface area is 114 Å². The van der Waals surface area contributed by atoms with E-state index in [-0.39, 0.29) is 6.10 Å². The van der Waals surface area contributed by atoms with Crippen LogP contribution in [-0.4, -0.2) is 27.3 Å². The van der Waals surface area contributed by atoms with E-state index < -0.39 is 0 Å². The van der Waals surface area contributed by atoms with Gasteiger partial charge in [0.15, 0.2) is 0 Å². The van der Waals surface area contributed by atoms with E-state index in [0.717, 1.165) is 51.1 Å². The summed E-state index contributed by atoms with van der Waals surface area (Å²) in [5, 5.41) is 13.2. The predicted molar refractivity (Wildman–Crippen MR) is 73.1 cm³/mol. The fourth-order valence-corrected chi connectivity index (χ4v) is 3.71. The molecule has 4 rings (SSSR count). The highest BCUT2D eigenvalue weighted by atomic mass is 16.3. The largest absolute Gasteiger partial charge is 0.393 e. The first-order chi connectivity index (χ1) is 9.33. The Morgan fingerprint density at radius 2 is 1.89 bits per heavy atom. The first-order valence-corrected chi connectivity index (χ1v) is 7.81. The molecule has 0 aromatic carbocycles. The minimum Gasteiger partial charge on any atom is -0.393 e. The van der Waals surface area contributed by atoms with E-state index in [0.29, 0.717) is 6.04 Å². The molecule has 1 aromatic rings. The summed E-state index contributed by atoms with van der Waals surface area (Å²) in [6.07, 6.45) is 7.85. The molecule has 0 atom stereocenters. The molecule has 0 unspecified atom stereocenters. The minimum atomic E-state index is -0.0679. The number of rotatable bonds is 2. The Kier molecular flexibility index (Phi) is 2.88. The maximum Gasteiger partial charge on any atom is 0.112 e. The Morgan fingerprint density at radius 1 is 1.11 bits per heavy atom. The zero-order valence-corrected chi connectivity index (χ0v) is 11.4. The third kappa shape index (κ3) is 2.11. The summed E-state index contributed by atoms with van der Waals surface area (Å²) < 4.78 is 2.58. The second kappa shape index (κ2) is 4.60. The van der Waals surface area contributed by atoms with E-state index in [1.807, 2.05) is 0 Å². The minimum absolute atomic E-state index is 0.0679. The van der Waals surface area contributed by atoms with Crippen LogP contribution in [0.5, 0.6) is 0 Å². The maximum absolute atomic E-state index is 9.72.